The fraction of sp³-hybridized carbons (Fsp3) is 0.304. The minimum Gasteiger partial charge on any atom is -0.478 e. The van der Waals surface area contributed by atoms with Crippen LogP contribution in [0.25, 0.3) is 16.6 Å². The van der Waals surface area contributed by atoms with E-state index in [1.165, 1.54) is 0 Å². The van der Waals surface area contributed by atoms with Gasteiger partial charge in [0.1, 0.15) is 6.33 Å². The maximum atomic E-state index is 11.7. The number of fused-ring (bicyclic) bond motifs is 3. The van der Waals surface area contributed by atoms with Crippen LogP contribution in [0.1, 0.15) is 34.5 Å². The fourth-order valence-corrected chi connectivity index (χ4v) is 4.35. The minimum atomic E-state index is -0.960. The maximum Gasteiger partial charge on any atom is 0.337 e. The highest BCUT2D eigenvalue weighted by Gasteiger charge is 2.22. The lowest BCUT2D eigenvalue weighted by Gasteiger charge is -2.29. The monoisotopic (exact) mass is 431 g/mol. The smallest absolute Gasteiger partial charge is 0.337 e. The van der Waals surface area contributed by atoms with E-state index in [9.17, 15) is 9.90 Å². The number of nitrogens with one attached hydrogen (secondary N) is 2. The number of aromatic carboxylic acids is 1. The molecule has 2 aromatic carbocycles. The molecule has 1 saturated heterocycles. The van der Waals surface area contributed by atoms with Gasteiger partial charge in [0, 0.05) is 42.8 Å². The molecular weight excluding hydrogens is 406 g/mol. The van der Waals surface area contributed by atoms with Crippen molar-refractivity contribution in [2.75, 3.05) is 36.4 Å². The summed E-state index contributed by atoms with van der Waals surface area (Å²) in [6.45, 7) is 7.56. The standard InChI is InChI=1S/C23H25N7O2/c1-14-11-17(15(2)26-19-6-4-3-5-16(19)22(31)32)20-18(12-14)21-28-25-13-30(21)23(27-20)29-9-7-24-8-10-29/h3-6,11-13,15,24,26H,7-10H2,1-2H3,(H,31,32). The summed E-state index contributed by atoms with van der Waals surface area (Å²) in [4.78, 5) is 19.0. The average molecular weight is 432 g/mol. The number of aromatic nitrogens is 4. The molecule has 1 aliphatic heterocycles. The number of anilines is 2. The van der Waals surface area contributed by atoms with Crippen molar-refractivity contribution in [1.82, 2.24) is 24.9 Å². The van der Waals surface area contributed by atoms with Crippen molar-refractivity contribution in [2.24, 2.45) is 0 Å². The summed E-state index contributed by atoms with van der Waals surface area (Å²) in [6.07, 6.45) is 1.71. The van der Waals surface area contributed by atoms with E-state index in [4.69, 9.17) is 4.98 Å². The normalized spacial score (nSPS) is 15.2. The molecule has 0 saturated carbocycles. The fourth-order valence-electron chi connectivity index (χ4n) is 4.35. The van der Waals surface area contributed by atoms with Crippen LogP contribution in [0.15, 0.2) is 42.7 Å². The lowest BCUT2D eigenvalue weighted by atomic mass is 10.0. The van der Waals surface area contributed by atoms with Gasteiger partial charge in [0.05, 0.1) is 17.1 Å². The van der Waals surface area contributed by atoms with E-state index in [0.717, 1.165) is 59.8 Å². The summed E-state index contributed by atoms with van der Waals surface area (Å²) < 4.78 is 1.95. The Hall–Kier alpha value is -3.72. The van der Waals surface area contributed by atoms with E-state index in [-0.39, 0.29) is 11.6 Å². The molecule has 0 bridgehead atoms. The molecule has 0 radical (unpaired) electrons. The van der Waals surface area contributed by atoms with Crippen molar-refractivity contribution in [2.45, 2.75) is 19.9 Å². The van der Waals surface area contributed by atoms with Gasteiger partial charge in [0.15, 0.2) is 5.65 Å². The molecule has 1 unspecified atom stereocenters. The number of carboxylic acids is 1. The average Bonchev–Trinajstić information content (AvgIpc) is 3.29. The van der Waals surface area contributed by atoms with Crippen LogP contribution in [0.3, 0.4) is 0 Å². The molecule has 1 atom stereocenters. The third-order valence-electron chi connectivity index (χ3n) is 5.90. The van der Waals surface area contributed by atoms with Gasteiger partial charge < -0.3 is 20.6 Å². The number of nitrogens with zero attached hydrogens (tertiary/aromatic N) is 5. The molecule has 0 spiro atoms. The van der Waals surface area contributed by atoms with E-state index < -0.39 is 5.97 Å². The number of aryl methyl sites for hydroxylation is 1. The zero-order valence-electron chi connectivity index (χ0n) is 18.0. The van der Waals surface area contributed by atoms with E-state index >= 15 is 0 Å². The van der Waals surface area contributed by atoms with Gasteiger partial charge in [-0.1, -0.05) is 18.2 Å². The van der Waals surface area contributed by atoms with Crippen molar-refractivity contribution in [3.8, 4) is 0 Å². The lowest BCUT2D eigenvalue weighted by Crippen LogP contribution is -2.44. The molecular formula is C23H25N7O2. The van der Waals surface area contributed by atoms with E-state index in [1.54, 1.807) is 24.5 Å². The molecule has 9 nitrogen and oxygen atoms in total. The first-order valence-electron chi connectivity index (χ1n) is 10.7. The van der Waals surface area contributed by atoms with Gasteiger partial charge in [-0.15, -0.1) is 10.2 Å². The Bertz CT molecular complexity index is 1310. The van der Waals surface area contributed by atoms with Gasteiger partial charge in [0.2, 0.25) is 5.95 Å². The summed E-state index contributed by atoms with van der Waals surface area (Å²) in [5, 5.41) is 25.8. The van der Waals surface area contributed by atoms with E-state index in [1.807, 2.05) is 24.3 Å². The van der Waals surface area contributed by atoms with Crippen LogP contribution in [0.4, 0.5) is 11.6 Å². The van der Waals surface area contributed by atoms with Crippen molar-refractivity contribution in [3.05, 3.63) is 59.4 Å². The minimum absolute atomic E-state index is 0.174. The van der Waals surface area contributed by atoms with Gasteiger partial charge in [-0.2, -0.15) is 0 Å². The second kappa shape index (κ2) is 8.08. The molecule has 1 fully saturated rings. The predicted molar refractivity (Wildman–Crippen MR) is 124 cm³/mol. The van der Waals surface area contributed by atoms with Crippen LogP contribution in [0, 0.1) is 6.92 Å². The Morgan fingerprint density at radius 3 is 2.78 bits per heavy atom. The highest BCUT2D eigenvalue weighted by molar-refractivity contribution is 5.96. The maximum absolute atomic E-state index is 11.7. The third kappa shape index (κ3) is 3.50. The number of piperazine rings is 1. The van der Waals surface area contributed by atoms with Crippen LogP contribution < -0.4 is 15.5 Å². The summed E-state index contributed by atoms with van der Waals surface area (Å²) in [5.74, 6) is -0.138. The van der Waals surface area contributed by atoms with Crippen LogP contribution in [0.5, 0.6) is 0 Å². The Morgan fingerprint density at radius 2 is 2.00 bits per heavy atom. The molecule has 3 N–H and O–H groups in total. The number of para-hydroxylation sites is 1. The Labute approximate surface area is 185 Å². The predicted octanol–water partition coefficient (Wildman–Crippen LogP) is 2.87. The summed E-state index contributed by atoms with van der Waals surface area (Å²) >= 11 is 0. The lowest BCUT2D eigenvalue weighted by molar-refractivity contribution is 0.0698. The molecule has 5 rings (SSSR count). The zero-order chi connectivity index (χ0) is 22.2. The van der Waals surface area contributed by atoms with Gasteiger partial charge in [-0.3, -0.25) is 4.40 Å². The van der Waals surface area contributed by atoms with Crippen molar-refractivity contribution in [3.63, 3.8) is 0 Å². The summed E-state index contributed by atoms with van der Waals surface area (Å²) in [7, 11) is 0. The number of benzene rings is 2. The summed E-state index contributed by atoms with van der Waals surface area (Å²) in [5.41, 5.74) is 4.50. The Balaban J connectivity index is 1.65. The molecule has 3 heterocycles. The molecule has 9 heteroatoms. The van der Waals surface area contributed by atoms with Crippen LogP contribution >= 0.6 is 0 Å². The van der Waals surface area contributed by atoms with Gasteiger partial charge in [-0.25, -0.2) is 9.78 Å². The van der Waals surface area contributed by atoms with Crippen molar-refractivity contribution in [1.29, 1.82) is 0 Å². The van der Waals surface area contributed by atoms with Crippen molar-refractivity contribution >= 4 is 34.2 Å². The third-order valence-corrected chi connectivity index (χ3v) is 5.90. The van der Waals surface area contributed by atoms with Crippen molar-refractivity contribution < 1.29 is 9.90 Å². The van der Waals surface area contributed by atoms with Gasteiger partial charge in [0.25, 0.3) is 0 Å². The van der Waals surface area contributed by atoms with Crippen LogP contribution in [-0.2, 0) is 0 Å². The highest BCUT2D eigenvalue weighted by atomic mass is 16.4. The number of rotatable bonds is 5. The first kappa shape index (κ1) is 20.2. The molecule has 32 heavy (non-hydrogen) atoms. The number of hydrogen-bond donors (Lipinski definition) is 3. The zero-order valence-corrected chi connectivity index (χ0v) is 18.0. The number of hydrogen-bond acceptors (Lipinski definition) is 7. The largest absolute Gasteiger partial charge is 0.478 e. The summed E-state index contributed by atoms with van der Waals surface area (Å²) in [6, 6.07) is 11.0. The first-order chi connectivity index (χ1) is 15.5. The molecule has 0 amide bonds. The molecule has 1 aliphatic rings. The Kier molecular flexibility index (Phi) is 5.10. The second-order valence-corrected chi connectivity index (χ2v) is 8.14. The number of carbonyl (C=O) groups is 1. The highest BCUT2D eigenvalue weighted by Crippen LogP contribution is 2.32. The SMILES string of the molecule is Cc1cc(C(C)Nc2ccccc2C(=O)O)c2nc(N3CCNCC3)n3cnnc3c2c1. The van der Waals surface area contributed by atoms with E-state index in [2.05, 4.69) is 37.9 Å². The van der Waals surface area contributed by atoms with Crippen LogP contribution in [0.2, 0.25) is 0 Å². The van der Waals surface area contributed by atoms with Crippen LogP contribution in [-0.4, -0.2) is 56.8 Å². The van der Waals surface area contributed by atoms with E-state index in [0.29, 0.717) is 5.69 Å². The molecule has 0 aliphatic carbocycles. The molecule has 4 aromatic rings. The quantitative estimate of drug-likeness (QED) is 0.443. The van der Waals surface area contributed by atoms with Gasteiger partial charge in [-0.05, 0) is 37.6 Å². The Morgan fingerprint density at radius 1 is 1.22 bits per heavy atom. The van der Waals surface area contributed by atoms with Gasteiger partial charge >= 0.3 is 5.97 Å². The topological polar surface area (TPSA) is 108 Å². The second-order valence-electron chi connectivity index (χ2n) is 8.14. The first-order valence-corrected chi connectivity index (χ1v) is 10.7. The number of carboxylic acid groups (broad SMARTS) is 1. The molecule has 164 valence electrons. The molecule has 2 aromatic heterocycles.